The van der Waals surface area contributed by atoms with Gasteiger partial charge < -0.3 is 18.4 Å². The minimum absolute atomic E-state index is 0.256. The number of aromatic nitrogens is 1. The monoisotopic (exact) mass is 426 g/mol. The summed E-state index contributed by atoms with van der Waals surface area (Å²) in [5.74, 6) is 0.812. The van der Waals surface area contributed by atoms with Gasteiger partial charge in [-0.2, -0.15) is 4.98 Å². The fraction of sp³-hybridized carbons (Fsp3) is 0.550. The second kappa shape index (κ2) is 9.93. The SMILES string of the molecule is CCCOP(=O)(OCCC)c1nc(-c2ccccc2Cl)oc1N1CCCCC1. The highest BCUT2D eigenvalue weighted by Gasteiger charge is 2.38. The quantitative estimate of drug-likeness (QED) is 0.482. The van der Waals surface area contributed by atoms with Gasteiger partial charge in [-0.25, -0.2) is 0 Å². The molecule has 28 heavy (non-hydrogen) atoms. The Morgan fingerprint density at radius 3 is 2.36 bits per heavy atom. The third-order valence-corrected chi connectivity index (χ3v) is 6.71. The molecule has 0 N–H and O–H groups in total. The van der Waals surface area contributed by atoms with Crippen LogP contribution >= 0.6 is 19.2 Å². The van der Waals surface area contributed by atoms with Gasteiger partial charge in [0.05, 0.1) is 23.8 Å². The van der Waals surface area contributed by atoms with Gasteiger partial charge in [0, 0.05) is 13.1 Å². The Morgan fingerprint density at radius 1 is 1.11 bits per heavy atom. The summed E-state index contributed by atoms with van der Waals surface area (Å²) >= 11 is 6.34. The van der Waals surface area contributed by atoms with Gasteiger partial charge in [0.25, 0.3) is 0 Å². The third-order valence-electron chi connectivity index (χ3n) is 4.53. The van der Waals surface area contributed by atoms with E-state index in [9.17, 15) is 4.57 Å². The molecule has 1 aliphatic rings. The Kier molecular flexibility index (Phi) is 7.58. The predicted octanol–water partition coefficient (Wildman–Crippen LogP) is 5.66. The van der Waals surface area contributed by atoms with E-state index in [0.29, 0.717) is 35.6 Å². The summed E-state index contributed by atoms with van der Waals surface area (Å²) in [6, 6.07) is 7.33. The number of hydrogen-bond acceptors (Lipinski definition) is 6. The molecule has 1 aromatic heterocycles. The lowest BCUT2D eigenvalue weighted by Gasteiger charge is -2.27. The van der Waals surface area contributed by atoms with Gasteiger partial charge in [-0.05, 0) is 44.2 Å². The van der Waals surface area contributed by atoms with Crippen LogP contribution in [0.1, 0.15) is 46.0 Å². The first-order valence-electron chi connectivity index (χ1n) is 9.99. The highest BCUT2D eigenvalue weighted by molar-refractivity contribution is 7.62. The maximum absolute atomic E-state index is 13.7. The molecule has 1 aliphatic heterocycles. The number of oxazole rings is 1. The second-order valence-corrected chi connectivity index (χ2v) is 9.18. The van der Waals surface area contributed by atoms with Crippen molar-refractivity contribution in [3.8, 4) is 11.5 Å². The van der Waals surface area contributed by atoms with Gasteiger partial charge in [-0.15, -0.1) is 0 Å². The Hall–Kier alpha value is -1.33. The standard InChI is InChI=1S/C20H28ClN2O4P/c1-3-14-25-28(24,26-15-4-2)19-20(23-12-8-5-9-13-23)27-18(22-19)16-10-6-7-11-17(16)21/h6-7,10-11H,3-5,8-9,12-15H2,1-2H3. The fourth-order valence-electron chi connectivity index (χ4n) is 3.12. The molecule has 0 spiro atoms. The molecule has 2 aromatic rings. The number of halogens is 1. The minimum Gasteiger partial charge on any atom is -0.419 e. The van der Waals surface area contributed by atoms with E-state index in [0.717, 1.165) is 38.8 Å². The molecule has 2 heterocycles. The van der Waals surface area contributed by atoms with Crippen LogP contribution in [0.2, 0.25) is 5.02 Å². The van der Waals surface area contributed by atoms with Crippen molar-refractivity contribution >= 4 is 30.5 Å². The largest absolute Gasteiger partial charge is 0.419 e. The first-order valence-corrected chi connectivity index (χ1v) is 11.9. The molecule has 0 unspecified atom stereocenters. The molecule has 3 rings (SSSR count). The molecule has 0 bridgehead atoms. The van der Waals surface area contributed by atoms with Crippen LogP contribution in [0.3, 0.4) is 0 Å². The molecule has 1 fully saturated rings. The molecule has 0 radical (unpaired) electrons. The minimum atomic E-state index is -3.61. The molecule has 8 heteroatoms. The van der Waals surface area contributed by atoms with E-state index in [1.807, 2.05) is 32.0 Å². The molecule has 0 amide bonds. The van der Waals surface area contributed by atoms with Crippen LogP contribution in [0, 0.1) is 0 Å². The zero-order valence-electron chi connectivity index (χ0n) is 16.5. The van der Waals surface area contributed by atoms with E-state index < -0.39 is 7.60 Å². The van der Waals surface area contributed by atoms with Crippen molar-refractivity contribution in [2.45, 2.75) is 46.0 Å². The van der Waals surface area contributed by atoms with E-state index in [1.54, 1.807) is 6.07 Å². The summed E-state index contributed by atoms with van der Waals surface area (Å²) in [4.78, 5) is 6.68. The van der Waals surface area contributed by atoms with Crippen LogP contribution in [-0.2, 0) is 13.6 Å². The van der Waals surface area contributed by atoms with Crippen molar-refractivity contribution < 1.29 is 18.0 Å². The smallest absolute Gasteiger partial charge is 0.385 e. The summed E-state index contributed by atoms with van der Waals surface area (Å²) in [6.45, 7) is 6.24. The Balaban J connectivity index is 2.08. The first-order chi connectivity index (χ1) is 13.6. The van der Waals surface area contributed by atoms with Crippen LogP contribution in [-0.4, -0.2) is 31.3 Å². The molecular formula is C20H28ClN2O4P. The zero-order valence-corrected chi connectivity index (χ0v) is 18.2. The van der Waals surface area contributed by atoms with E-state index in [2.05, 4.69) is 9.88 Å². The molecular weight excluding hydrogens is 399 g/mol. The Labute approximate surface area is 171 Å². The van der Waals surface area contributed by atoms with Crippen molar-refractivity contribution in [3.05, 3.63) is 29.3 Å². The molecule has 6 nitrogen and oxygen atoms in total. The van der Waals surface area contributed by atoms with Gasteiger partial charge in [0.15, 0.2) is 0 Å². The van der Waals surface area contributed by atoms with Crippen molar-refractivity contribution in [1.29, 1.82) is 0 Å². The topological polar surface area (TPSA) is 64.8 Å². The van der Waals surface area contributed by atoms with Gasteiger partial charge in [0.2, 0.25) is 17.2 Å². The molecule has 0 atom stereocenters. The fourth-order valence-corrected chi connectivity index (χ4v) is 5.13. The number of benzene rings is 1. The number of nitrogens with zero attached hydrogens (tertiary/aromatic N) is 2. The Bertz CT molecular complexity index is 808. The third kappa shape index (κ3) is 4.80. The second-order valence-electron chi connectivity index (χ2n) is 6.84. The van der Waals surface area contributed by atoms with E-state index in [4.69, 9.17) is 25.1 Å². The number of anilines is 1. The summed E-state index contributed by atoms with van der Waals surface area (Å²) in [7, 11) is -3.61. The van der Waals surface area contributed by atoms with Crippen molar-refractivity contribution in [2.24, 2.45) is 0 Å². The molecule has 154 valence electrons. The normalized spacial score (nSPS) is 15.2. The van der Waals surface area contributed by atoms with Crippen LogP contribution in [0.4, 0.5) is 5.88 Å². The molecule has 0 saturated carbocycles. The summed E-state index contributed by atoms with van der Waals surface area (Å²) in [5.41, 5.74) is 0.914. The molecule has 0 aliphatic carbocycles. The highest BCUT2D eigenvalue weighted by atomic mass is 35.5. The lowest BCUT2D eigenvalue weighted by atomic mass is 10.1. The number of rotatable bonds is 9. The highest BCUT2D eigenvalue weighted by Crippen LogP contribution is 2.50. The summed E-state index contributed by atoms with van der Waals surface area (Å²) < 4.78 is 31.3. The van der Waals surface area contributed by atoms with Gasteiger partial charge in [-0.3, -0.25) is 4.57 Å². The maximum Gasteiger partial charge on any atom is 0.385 e. The van der Waals surface area contributed by atoms with Gasteiger partial charge in [-0.1, -0.05) is 37.6 Å². The van der Waals surface area contributed by atoms with Crippen LogP contribution in [0.15, 0.2) is 28.7 Å². The maximum atomic E-state index is 13.7. The van der Waals surface area contributed by atoms with Gasteiger partial charge in [0.1, 0.15) is 0 Å². The Morgan fingerprint density at radius 2 is 1.75 bits per heavy atom. The lowest BCUT2D eigenvalue weighted by Crippen LogP contribution is -2.33. The van der Waals surface area contributed by atoms with Gasteiger partial charge >= 0.3 is 7.60 Å². The number of hydrogen-bond donors (Lipinski definition) is 0. The zero-order chi connectivity index (χ0) is 20.0. The van der Waals surface area contributed by atoms with Crippen LogP contribution in [0.25, 0.3) is 11.5 Å². The first kappa shape index (κ1) is 21.4. The van der Waals surface area contributed by atoms with Crippen molar-refractivity contribution in [2.75, 3.05) is 31.2 Å². The van der Waals surface area contributed by atoms with Crippen LogP contribution < -0.4 is 10.3 Å². The van der Waals surface area contributed by atoms with E-state index in [1.165, 1.54) is 6.42 Å². The summed E-state index contributed by atoms with van der Waals surface area (Å²) in [6.07, 6.45) is 4.74. The molecule has 1 saturated heterocycles. The average Bonchev–Trinajstić information content (AvgIpc) is 3.18. The summed E-state index contributed by atoms with van der Waals surface area (Å²) in [5, 5.41) is 0.527. The average molecular weight is 427 g/mol. The van der Waals surface area contributed by atoms with E-state index >= 15 is 0 Å². The van der Waals surface area contributed by atoms with E-state index in [-0.39, 0.29) is 5.44 Å². The lowest BCUT2D eigenvalue weighted by molar-refractivity contribution is 0.213. The number of piperidine rings is 1. The van der Waals surface area contributed by atoms with Crippen molar-refractivity contribution in [3.63, 3.8) is 0 Å². The predicted molar refractivity (Wildman–Crippen MR) is 113 cm³/mol. The van der Waals surface area contributed by atoms with Crippen LogP contribution in [0.5, 0.6) is 0 Å². The molecule has 1 aromatic carbocycles. The van der Waals surface area contributed by atoms with Crippen molar-refractivity contribution in [1.82, 2.24) is 4.98 Å².